The highest BCUT2D eigenvalue weighted by molar-refractivity contribution is 5.32. The predicted octanol–water partition coefficient (Wildman–Crippen LogP) is 2.15. The zero-order valence-electron chi connectivity index (χ0n) is 11.0. The molecule has 0 fully saturated rings. The molecule has 0 aromatic carbocycles. The molecule has 0 atom stereocenters. The SMILES string of the molecule is CCN(CC)CCOC1=CC[CH]C=C1CCO. The van der Waals surface area contributed by atoms with Gasteiger partial charge < -0.3 is 14.7 Å². The third-order valence-corrected chi connectivity index (χ3v) is 3.02. The Kier molecular flexibility index (Phi) is 6.97. The standard InChI is InChI=1S/C14H24NO2/c1-3-15(4-2)10-12-17-14-8-6-5-7-13(14)9-11-16/h5,7-8,16H,3-4,6,9-12H2,1-2H3. The Morgan fingerprint density at radius 2 is 2.12 bits per heavy atom. The molecule has 0 saturated heterocycles. The van der Waals surface area contributed by atoms with Crippen molar-refractivity contribution >= 4 is 0 Å². The minimum atomic E-state index is 0.177. The number of hydrogen-bond donors (Lipinski definition) is 1. The topological polar surface area (TPSA) is 32.7 Å². The van der Waals surface area contributed by atoms with Gasteiger partial charge in [-0.1, -0.05) is 19.9 Å². The maximum absolute atomic E-state index is 8.98. The van der Waals surface area contributed by atoms with Crippen LogP contribution in [0.5, 0.6) is 0 Å². The molecule has 0 bridgehead atoms. The van der Waals surface area contributed by atoms with Gasteiger partial charge >= 0.3 is 0 Å². The lowest BCUT2D eigenvalue weighted by Crippen LogP contribution is -2.27. The van der Waals surface area contributed by atoms with E-state index in [1.807, 2.05) is 0 Å². The van der Waals surface area contributed by atoms with E-state index in [0.717, 1.165) is 44.0 Å². The van der Waals surface area contributed by atoms with Crippen LogP contribution in [-0.2, 0) is 4.74 Å². The van der Waals surface area contributed by atoms with Gasteiger partial charge in [-0.2, -0.15) is 0 Å². The molecule has 1 N–H and O–H groups in total. The van der Waals surface area contributed by atoms with E-state index in [1.54, 1.807) is 0 Å². The first-order valence-electron chi connectivity index (χ1n) is 6.50. The van der Waals surface area contributed by atoms with Gasteiger partial charge in [-0.15, -0.1) is 0 Å². The molecule has 0 aromatic rings. The minimum Gasteiger partial charge on any atom is -0.492 e. The molecule has 0 saturated carbocycles. The fraction of sp³-hybridized carbons (Fsp3) is 0.643. The van der Waals surface area contributed by atoms with Crippen molar-refractivity contribution in [3.8, 4) is 0 Å². The van der Waals surface area contributed by atoms with E-state index in [2.05, 4.69) is 37.3 Å². The van der Waals surface area contributed by atoms with Gasteiger partial charge in [-0.25, -0.2) is 0 Å². The summed E-state index contributed by atoms with van der Waals surface area (Å²) in [6, 6.07) is 0. The summed E-state index contributed by atoms with van der Waals surface area (Å²) in [6.07, 6.45) is 7.85. The zero-order chi connectivity index (χ0) is 12.5. The average Bonchev–Trinajstić information content (AvgIpc) is 2.37. The molecule has 1 radical (unpaired) electrons. The van der Waals surface area contributed by atoms with Crippen LogP contribution in [0.15, 0.2) is 23.5 Å². The molecule has 1 aliphatic carbocycles. The van der Waals surface area contributed by atoms with Crippen molar-refractivity contribution in [2.75, 3.05) is 32.8 Å². The van der Waals surface area contributed by atoms with E-state index in [0.29, 0.717) is 6.42 Å². The molecule has 3 nitrogen and oxygen atoms in total. The van der Waals surface area contributed by atoms with Crippen molar-refractivity contribution in [3.05, 3.63) is 29.9 Å². The van der Waals surface area contributed by atoms with Gasteiger partial charge in [0.1, 0.15) is 12.4 Å². The largest absolute Gasteiger partial charge is 0.492 e. The molecule has 1 rings (SSSR count). The Balaban J connectivity index is 2.34. The summed E-state index contributed by atoms with van der Waals surface area (Å²) in [7, 11) is 0. The average molecular weight is 238 g/mol. The van der Waals surface area contributed by atoms with E-state index in [1.165, 1.54) is 0 Å². The van der Waals surface area contributed by atoms with Gasteiger partial charge in [0.05, 0.1) is 0 Å². The minimum absolute atomic E-state index is 0.177. The monoisotopic (exact) mass is 238 g/mol. The zero-order valence-corrected chi connectivity index (χ0v) is 11.0. The third kappa shape index (κ3) is 4.92. The second kappa shape index (κ2) is 8.31. The van der Waals surface area contributed by atoms with Gasteiger partial charge in [0.15, 0.2) is 0 Å². The number of aliphatic hydroxyl groups is 1. The molecule has 0 heterocycles. The summed E-state index contributed by atoms with van der Waals surface area (Å²) < 4.78 is 5.80. The highest BCUT2D eigenvalue weighted by atomic mass is 16.5. The Bertz CT molecular complexity index is 267. The molecule has 0 aliphatic heterocycles. The van der Waals surface area contributed by atoms with Gasteiger partial charge in [-0.05, 0) is 44.0 Å². The van der Waals surface area contributed by atoms with Crippen LogP contribution in [-0.4, -0.2) is 42.9 Å². The van der Waals surface area contributed by atoms with E-state index >= 15 is 0 Å². The van der Waals surface area contributed by atoms with Gasteiger partial charge in [0, 0.05) is 13.2 Å². The lowest BCUT2D eigenvalue weighted by molar-refractivity contribution is 0.165. The fourth-order valence-electron chi connectivity index (χ4n) is 1.90. The van der Waals surface area contributed by atoms with Crippen molar-refractivity contribution in [2.45, 2.75) is 26.7 Å². The smallest absolute Gasteiger partial charge is 0.118 e. The van der Waals surface area contributed by atoms with Crippen molar-refractivity contribution in [1.82, 2.24) is 4.90 Å². The van der Waals surface area contributed by atoms with Gasteiger partial charge in [-0.3, -0.25) is 0 Å². The van der Waals surface area contributed by atoms with Crippen LogP contribution in [0.4, 0.5) is 0 Å². The van der Waals surface area contributed by atoms with E-state index < -0.39 is 0 Å². The van der Waals surface area contributed by atoms with Crippen LogP contribution >= 0.6 is 0 Å². The number of ether oxygens (including phenoxy) is 1. The third-order valence-electron chi connectivity index (χ3n) is 3.02. The molecule has 0 aromatic heterocycles. The number of nitrogens with zero attached hydrogens (tertiary/aromatic N) is 1. The predicted molar refractivity (Wildman–Crippen MR) is 70.5 cm³/mol. The van der Waals surface area contributed by atoms with Crippen molar-refractivity contribution in [2.24, 2.45) is 0 Å². The lowest BCUT2D eigenvalue weighted by atomic mass is 10.0. The molecule has 0 amide bonds. The summed E-state index contributed by atoms with van der Waals surface area (Å²) in [5, 5.41) is 8.98. The summed E-state index contributed by atoms with van der Waals surface area (Å²) in [6.45, 7) is 8.30. The van der Waals surface area contributed by atoms with Crippen molar-refractivity contribution < 1.29 is 9.84 Å². The van der Waals surface area contributed by atoms with Crippen LogP contribution in [0.3, 0.4) is 0 Å². The summed E-state index contributed by atoms with van der Waals surface area (Å²) in [4.78, 5) is 2.34. The molecule has 1 aliphatic rings. The van der Waals surface area contributed by atoms with Crippen LogP contribution in [0, 0.1) is 6.42 Å². The first-order chi connectivity index (χ1) is 8.31. The Labute approximate surface area is 105 Å². The summed E-state index contributed by atoms with van der Waals surface area (Å²) in [5.74, 6) is 0.953. The molecule has 0 unspecified atom stereocenters. The molecular formula is C14H24NO2. The molecule has 17 heavy (non-hydrogen) atoms. The summed E-state index contributed by atoms with van der Waals surface area (Å²) >= 11 is 0. The highest BCUT2D eigenvalue weighted by Gasteiger charge is 2.10. The number of allylic oxidation sites excluding steroid dienone is 3. The van der Waals surface area contributed by atoms with Crippen molar-refractivity contribution in [1.29, 1.82) is 0 Å². The van der Waals surface area contributed by atoms with E-state index in [4.69, 9.17) is 9.84 Å². The van der Waals surface area contributed by atoms with Gasteiger partial charge in [0.2, 0.25) is 0 Å². The van der Waals surface area contributed by atoms with Crippen molar-refractivity contribution in [3.63, 3.8) is 0 Å². The normalized spacial score (nSPS) is 15.8. The number of aliphatic hydroxyl groups excluding tert-OH is 1. The van der Waals surface area contributed by atoms with E-state index in [-0.39, 0.29) is 6.61 Å². The fourth-order valence-corrected chi connectivity index (χ4v) is 1.90. The number of hydrogen-bond acceptors (Lipinski definition) is 3. The Hall–Kier alpha value is -0.800. The second-order valence-electron chi connectivity index (χ2n) is 4.08. The molecular weight excluding hydrogens is 214 g/mol. The molecule has 0 spiro atoms. The van der Waals surface area contributed by atoms with Crippen LogP contribution in [0.25, 0.3) is 0 Å². The lowest BCUT2D eigenvalue weighted by Gasteiger charge is -2.21. The Morgan fingerprint density at radius 3 is 2.76 bits per heavy atom. The quantitative estimate of drug-likeness (QED) is 0.703. The number of likely N-dealkylation sites (N-methyl/N-ethyl adjacent to an activating group) is 1. The molecule has 3 heteroatoms. The van der Waals surface area contributed by atoms with Gasteiger partial charge in [0.25, 0.3) is 0 Å². The highest BCUT2D eigenvalue weighted by Crippen LogP contribution is 2.21. The number of rotatable bonds is 8. The van der Waals surface area contributed by atoms with Crippen LogP contribution < -0.4 is 0 Å². The maximum atomic E-state index is 8.98. The summed E-state index contributed by atoms with van der Waals surface area (Å²) in [5.41, 5.74) is 1.11. The van der Waals surface area contributed by atoms with Crippen LogP contribution in [0.1, 0.15) is 26.7 Å². The Morgan fingerprint density at radius 1 is 1.35 bits per heavy atom. The van der Waals surface area contributed by atoms with E-state index in [9.17, 15) is 0 Å². The first kappa shape index (κ1) is 14.3. The first-order valence-corrected chi connectivity index (χ1v) is 6.50. The molecule has 97 valence electrons. The second-order valence-corrected chi connectivity index (χ2v) is 4.08. The maximum Gasteiger partial charge on any atom is 0.118 e. The van der Waals surface area contributed by atoms with Crippen LogP contribution in [0.2, 0.25) is 0 Å².